The highest BCUT2D eigenvalue weighted by Crippen LogP contribution is 2.27. The van der Waals surface area contributed by atoms with Gasteiger partial charge in [-0.15, -0.1) is 0 Å². The van der Waals surface area contributed by atoms with Crippen LogP contribution in [0.2, 0.25) is 0 Å². The Morgan fingerprint density at radius 2 is 1.76 bits per heavy atom. The van der Waals surface area contributed by atoms with Crippen molar-refractivity contribution in [3.05, 3.63) is 0 Å². The Labute approximate surface area is 104 Å². The van der Waals surface area contributed by atoms with Gasteiger partial charge in [0, 0.05) is 18.6 Å². The van der Waals surface area contributed by atoms with Crippen LogP contribution < -0.4 is 0 Å². The van der Waals surface area contributed by atoms with Gasteiger partial charge in [-0.1, -0.05) is 19.3 Å². The molecule has 0 radical (unpaired) electrons. The van der Waals surface area contributed by atoms with E-state index in [9.17, 15) is 8.42 Å². The number of hydrogen-bond acceptors (Lipinski definition) is 4. The second kappa shape index (κ2) is 5.67. The van der Waals surface area contributed by atoms with Gasteiger partial charge in [-0.05, 0) is 19.3 Å². The normalized spacial score (nSPS) is 29.9. The summed E-state index contributed by atoms with van der Waals surface area (Å²) >= 11 is 0. The lowest BCUT2D eigenvalue weighted by Gasteiger charge is -2.37. The Balaban J connectivity index is 2.01. The van der Waals surface area contributed by atoms with Crippen molar-refractivity contribution in [1.29, 1.82) is 0 Å². The number of aliphatic hydroxyl groups excluding tert-OH is 1. The molecular formula is C12H23NO3S. The molecule has 1 aliphatic heterocycles. The third kappa shape index (κ3) is 3.42. The molecule has 1 N–H and O–H groups in total. The van der Waals surface area contributed by atoms with Crippen LogP contribution in [-0.2, 0) is 9.84 Å². The third-order valence-corrected chi connectivity index (χ3v) is 5.83. The molecule has 2 aliphatic rings. The number of aliphatic hydroxyl groups is 1. The zero-order valence-corrected chi connectivity index (χ0v) is 11.2. The summed E-state index contributed by atoms with van der Waals surface area (Å²) in [7, 11) is -2.82. The van der Waals surface area contributed by atoms with E-state index in [-0.39, 0.29) is 12.6 Å². The molecule has 1 heterocycles. The van der Waals surface area contributed by atoms with Gasteiger partial charge in [0.25, 0.3) is 0 Å². The first-order valence-electron chi connectivity index (χ1n) is 6.69. The first kappa shape index (κ1) is 13.3. The maximum absolute atomic E-state index is 11.5. The summed E-state index contributed by atoms with van der Waals surface area (Å²) in [6, 6.07) is 0.643. The van der Waals surface area contributed by atoms with Crippen molar-refractivity contribution in [3.8, 4) is 0 Å². The molecule has 5 heteroatoms. The molecule has 1 atom stereocenters. The van der Waals surface area contributed by atoms with E-state index < -0.39 is 9.84 Å². The average Bonchev–Trinajstić information content (AvgIpc) is 2.67. The smallest absolute Gasteiger partial charge is 0.151 e. The van der Waals surface area contributed by atoms with Crippen LogP contribution in [-0.4, -0.2) is 55.2 Å². The first-order chi connectivity index (χ1) is 8.12. The monoisotopic (exact) mass is 261 g/mol. The fraction of sp³-hybridized carbons (Fsp3) is 1.00. The second-order valence-electron chi connectivity index (χ2n) is 5.31. The maximum atomic E-state index is 11.5. The van der Waals surface area contributed by atoms with Gasteiger partial charge < -0.3 is 5.11 Å². The van der Waals surface area contributed by atoms with E-state index in [0.717, 1.165) is 19.3 Å². The molecule has 0 bridgehead atoms. The molecule has 1 aliphatic carbocycles. The molecular weight excluding hydrogens is 238 g/mol. The Bertz CT molecular complexity index is 336. The molecule has 2 fully saturated rings. The number of nitrogens with zero attached hydrogens (tertiary/aromatic N) is 1. The van der Waals surface area contributed by atoms with Crippen molar-refractivity contribution in [3.63, 3.8) is 0 Å². The number of hydrogen-bond donors (Lipinski definition) is 1. The van der Waals surface area contributed by atoms with Crippen molar-refractivity contribution in [1.82, 2.24) is 4.90 Å². The van der Waals surface area contributed by atoms with Crippen LogP contribution in [0.15, 0.2) is 0 Å². The molecule has 0 spiro atoms. The van der Waals surface area contributed by atoms with E-state index in [1.54, 1.807) is 0 Å². The van der Waals surface area contributed by atoms with Crippen molar-refractivity contribution < 1.29 is 13.5 Å². The molecule has 0 aromatic heterocycles. The summed E-state index contributed by atoms with van der Waals surface area (Å²) in [5.41, 5.74) is 0. The SMILES string of the molecule is O=S1(=O)CCC(N(CCO)C2CCCCC2)C1. The molecule has 17 heavy (non-hydrogen) atoms. The Kier molecular flexibility index (Phi) is 4.44. The Morgan fingerprint density at radius 1 is 1.06 bits per heavy atom. The molecule has 1 unspecified atom stereocenters. The lowest BCUT2D eigenvalue weighted by molar-refractivity contribution is 0.0900. The van der Waals surface area contributed by atoms with Gasteiger partial charge in [-0.25, -0.2) is 8.42 Å². The minimum absolute atomic E-state index is 0.132. The lowest BCUT2D eigenvalue weighted by Crippen LogP contribution is -2.46. The predicted octanol–water partition coefficient (Wildman–Crippen LogP) is 0.800. The molecule has 2 rings (SSSR count). The highest BCUT2D eigenvalue weighted by molar-refractivity contribution is 7.91. The predicted molar refractivity (Wildman–Crippen MR) is 67.7 cm³/mol. The third-order valence-electron chi connectivity index (χ3n) is 4.08. The summed E-state index contributed by atoms with van der Waals surface area (Å²) in [6.45, 7) is 0.762. The van der Waals surface area contributed by atoms with Crippen molar-refractivity contribution in [2.45, 2.75) is 50.6 Å². The zero-order valence-electron chi connectivity index (χ0n) is 10.3. The molecule has 0 aromatic carbocycles. The second-order valence-corrected chi connectivity index (χ2v) is 7.54. The van der Waals surface area contributed by atoms with Crippen molar-refractivity contribution in [2.24, 2.45) is 0 Å². The average molecular weight is 261 g/mol. The van der Waals surface area contributed by atoms with Gasteiger partial charge in [-0.3, -0.25) is 4.90 Å². The van der Waals surface area contributed by atoms with Crippen molar-refractivity contribution in [2.75, 3.05) is 24.7 Å². The Morgan fingerprint density at radius 3 is 2.29 bits per heavy atom. The maximum Gasteiger partial charge on any atom is 0.151 e. The summed E-state index contributed by atoms with van der Waals surface area (Å²) in [4.78, 5) is 2.27. The molecule has 0 aromatic rings. The molecule has 100 valence electrons. The number of sulfone groups is 1. The topological polar surface area (TPSA) is 57.6 Å². The highest BCUT2D eigenvalue weighted by Gasteiger charge is 2.35. The van der Waals surface area contributed by atoms with Gasteiger partial charge in [-0.2, -0.15) is 0 Å². The van der Waals surface area contributed by atoms with E-state index in [1.165, 1.54) is 19.3 Å². The van der Waals surface area contributed by atoms with Gasteiger partial charge in [0.15, 0.2) is 9.84 Å². The Hall–Kier alpha value is -0.130. The van der Waals surface area contributed by atoms with E-state index in [4.69, 9.17) is 5.11 Å². The summed E-state index contributed by atoms with van der Waals surface area (Å²) in [5, 5.41) is 9.17. The van der Waals surface area contributed by atoms with Crippen LogP contribution in [0.1, 0.15) is 38.5 Å². The fourth-order valence-electron chi connectivity index (χ4n) is 3.23. The van der Waals surface area contributed by atoms with Crippen LogP contribution in [0.4, 0.5) is 0 Å². The van der Waals surface area contributed by atoms with Crippen LogP contribution in [0.3, 0.4) is 0 Å². The van der Waals surface area contributed by atoms with Gasteiger partial charge in [0.1, 0.15) is 0 Å². The summed E-state index contributed by atoms with van der Waals surface area (Å²) in [6.07, 6.45) is 6.86. The largest absolute Gasteiger partial charge is 0.395 e. The number of rotatable bonds is 4. The van der Waals surface area contributed by atoms with Crippen LogP contribution >= 0.6 is 0 Å². The minimum Gasteiger partial charge on any atom is -0.395 e. The molecule has 1 saturated heterocycles. The van der Waals surface area contributed by atoms with Gasteiger partial charge in [0.05, 0.1) is 18.1 Å². The minimum atomic E-state index is -2.82. The van der Waals surface area contributed by atoms with Crippen LogP contribution in [0.25, 0.3) is 0 Å². The summed E-state index contributed by atoms with van der Waals surface area (Å²) in [5.74, 6) is 0.621. The van der Waals surface area contributed by atoms with E-state index in [2.05, 4.69) is 4.90 Å². The molecule has 4 nitrogen and oxygen atoms in total. The van der Waals surface area contributed by atoms with Crippen LogP contribution in [0, 0.1) is 0 Å². The zero-order chi connectivity index (χ0) is 12.3. The van der Waals surface area contributed by atoms with E-state index in [1.807, 2.05) is 0 Å². The van der Waals surface area contributed by atoms with Gasteiger partial charge in [0.2, 0.25) is 0 Å². The molecule has 0 amide bonds. The van der Waals surface area contributed by atoms with Crippen LogP contribution in [0.5, 0.6) is 0 Å². The van der Waals surface area contributed by atoms with E-state index in [0.29, 0.717) is 24.1 Å². The van der Waals surface area contributed by atoms with Gasteiger partial charge >= 0.3 is 0 Å². The van der Waals surface area contributed by atoms with E-state index >= 15 is 0 Å². The molecule has 1 saturated carbocycles. The first-order valence-corrected chi connectivity index (χ1v) is 8.51. The summed E-state index contributed by atoms with van der Waals surface area (Å²) < 4.78 is 23.1. The fourth-order valence-corrected chi connectivity index (χ4v) is 4.97. The van der Waals surface area contributed by atoms with Crippen molar-refractivity contribution >= 4 is 9.84 Å². The quantitative estimate of drug-likeness (QED) is 0.813. The highest BCUT2D eigenvalue weighted by atomic mass is 32.2. The standard InChI is InChI=1S/C12H23NO3S/c14-8-7-13(11-4-2-1-3-5-11)12-6-9-17(15,16)10-12/h11-12,14H,1-10H2. The lowest BCUT2D eigenvalue weighted by atomic mass is 9.93.